The van der Waals surface area contributed by atoms with Crippen LogP contribution in [-0.4, -0.2) is 9.55 Å². The molecule has 1 heterocycles. The summed E-state index contributed by atoms with van der Waals surface area (Å²) < 4.78 is 2.31. The molecule has 0 atom stereocenters. The molecule has 1 aromatic heterocycles. The molecular formula is C15H27N3. The second kappa shape index (κ2) is 4.60. The number of imidazole rings is 1. The van der Waals surface area contributed by atoms with Crippen molar-refractivity contribution in [1.82, 2.24) is 9.55 Å². The van der Waals surface area contributed by atoms with E-state index in [1.165, 1.54) is 18.7 Å². The number of nitrogens with two attached hydrogens (primary N) is 1. The van der Waals surface area contributed by atoms with Crippen molar-refractivity contribution >= 4 is 5.82 Å². The van der Waals surface area contributed by atoms with Gasteiger partial charge in [-0.2, -0.15) is 0 Å². The van der Waals surface area contributed by atoms with Crippen LogP contribution in [0.5, 0.6) is 0 Å². The summed E-state index contributed by atoms with van der Waals surface area (Å²) in [6.45, 7) is 11.1. The van der Waals surface area contributed by atoms with Crippen LogP contribution in [0.3, 0.4) is 0 Å². The fourth-order valence-corrected chi connectivity index (χ4v) is 2.67. The van der Waals surface area contributed by atoms with E-state index < -0.39 is 0 Å². The summed E-state index contributed by atoms with van der Waals surface area (Å²) in [7, 11) is 0. The molecule has 0 amide bonds. The Balaban J connectivity index is 2.50. The lowest BCUT2D eigenvalue weighted by Gasteiger charge is -2.20. The highest BCUT2D eigenvalue weighted by Gasteiger charge is 2.34. The van der Waals surface area contributed by atoms with Gasteiger partial charge >= 0.3 is 0 Å². The molecule has 0 saturated heterocycles. The summed E-state index contributed by atoms with van der Waals surface area (Å²) >= 11 is 0. The van der Waals surface area contributed by atoms with E-state index >= 15 is 0 Å². The Morgan fingerprint density at radius 1 is 1.28 bits per heavy atom. The summed E-state index contributed by atoms with van der Waals surface area (Å²) in [6, 6.07) is 0.606. The van der Waals surface area contributed by atoms with Crippen LogP contribution >= 0.6 is 0 Å². The van der Waals surface area contributed by atoms with Crippen molar-refractivity contribution in [2.75, 3.05) is 5.73 Å². The van der Waals surface area contributed by atoms with Gasteiger partial charge in [0.05, 0.1) is 5.69 Å². The first kappa shape index (κ1) is 13.4. The predicted molar refractivity (Wildman–Crippen MR) is 76.9 cm³/mol. The molecular weight excluding hydrogens is 222 g/mol. The zero-order valence-corrected chi connectivity index (χ0v) is 12.5. The van der Waals surface area contributed by atoms with Crippen LogP contribution in [0.25, 0.3) is 0 Å². The molecule has 0 radical (unpaired) electrons. The molecule has 0 aromatic carbocycles. The van der Waals surface area contributed by atoms with Crippen LogP contribution in [0, 0.1) is 0 Å². The molecule has 0 unspecified atom stereocenters. The fraction of sp³-hybridized carbons (Fsp3) is 0.800. The van der Waals surface area contributed by atoms with Gasteiger partial charge in [-0.15, -0.1) is 0 Å². The minimum absolute atomic E-state index is 0.0704. The molecule has 1 aliphatic rings. The van der Waals surface area contributed by atoms with Gasteiger partial charge in [-0.05, 0) is 25.7 Å². The molecule has 0 spiro atoms. The predicted octanol–water partition coefficient (Wildman–Crippen LogP) is 4.00. The zero-order chi connectivity index (χ0) is 13.5. The Hall–Kier alpha value is -0.990. The molecule has 1 aliphatic carbocycles. The van der Waals surface area contributed by atoms with Crippen molar-refractivity contribution in [1.29, 1.82) is 0 Å². The minimum atomic E-state index is 0.0704. The maximum Gasteiger partial charge on any atom is 0.127 e. The number of nitrogens with zero attached hydrogens (tertiary/aromatic N) is 2. The van der Waals surface area contributed by atoms with Crippen molar-refractivity contribution < 1.29 is 0 Å². The van der Waals surface area contributed by atoms with E-state index in [2.05, 4.69) is 39.2 Å². The molecule has 102 valence electrons. The van der Waals surface area contributed by atoms with Crippen molar-refractivity contribution in [3.8, 4) is 0 Å². The van der Waals surface area contributed by atoms with E-state index in [-0.39, 0.29) is 5.41 Å². The van der Waals surface area contributed by atoms with Crippen molar-refractivity contribution in [2.24, 2.45) is 0 Å². The SMILES string of the molecule is CCC(CC)c1nc(C(C)(C)C)n(C2CC2)c1N. The van der Waals surface area contributed by atoms with Gasteiger partial charge in [0, 0.05) is 17.4 Å². The normalized spacial score (nSPS) is 16.6. The smallest absolute Gasteiger partial charge is 0.127 e. The maximum absolute atomic E-state index is 6.39. The van der Waals surface area contributed by atoms with Crippen molar-refractivity contribution in [3.63, 3.8) is 0 Å². The van der Waals surface area contributed by atoms with E-state index in [1.807, 2.05) is 0 Å². The van der Waals surface area contributed by atoms with E-state index in [1.54, 1.807) is 0 Å². The number of rotatable bonds is 4. The maximum atomic E-state index is 6.39. The second-order valence-electron chi connectivity index (χ2n) is 6.57. The fourth-order valence-electron chi connectivity index (χ4n) is 2.67. The third kappa shape index (κ3) is 2.27. The minimum Gasteiger partial charge on any atom is -0.384 e. The van der Waals surface area contributed by atoms with Gasteiger partial charge in [-0.25, -0.2) is 4.98 Å². The summed E-state index contributed by atoms with van der Waals surface area (Å²) in [5, 5.41) is 0. The summed E-state index contributed by atoms with van der Waals surface area (Å²) in [4.78, 5) is 4.92. The number of hydrogen-bond donors (Lipinski definition) is 1. The number of anilines is 1. The quantitative estimate of drug-likeness (QED) is 0.876. The summed E-state index contributed by atoms with van der Waals surface area (Å²) in [6.07, 6.45) is 4.75. The first-order chi connectivity index (χ1) is 8.40. The molecule has 1 fully saturated rings. The van der Waals surface area contributed by atoms with Gasteiger partial charge in [0.1, 0.15) is 11.6 Å². The number of aromatic nitrogens is 2. The zero-order valence-electron chi connectivity index (χ0n) is 12.5. The monoisotopic (exact) mass is 249 g/mol. The molecule has 3 heteroatoms. The van der Waals surface area contributed by atoms with Crippen molar-refractivity contribution in [3.05, 3.63) is 11.5 Å². The van der Waals surface area contributed by atoms with Crippen molar-refractivity contribution in [2.45, 2.75) is 77.7 Å². The average molecular weight is 249 g/mol. The average Bonchev–Trinajstić information content (AvgIpc) is 3.05. The van der Waals surface area contributed by atoms with Crippen LogP contribution in [0.2, 0.25) is 0 Å². The van der Waals surface area contributed by atoms with Gasteiger partial charge in [0.25, 0.3) is 0 Å². The standard InChI is InChI=1S/C15H27N3/c1-6-10(7-2)12-13(16)18(11-8-9-11)14(17-12)15(3,4)5/h10-11H,6-9,16H2,1-5H3. The Labute approximate surface area is 111 Å². The van der Waals surface area contributed by atoms with Gasteiger partial charge in [-0.3, -0.25) is 0 Å². The molecule has 2 rings (SSSR count). The lowest BCUT2D eigenvalue weighted by atomic mass is 9.95. The largest absolute Gasteiger partial charge is 0.384 e. The Morgan fingerprint density at radius 2 is 1.83 bits per heavy atom. The van der Waals surface area contributed by atoms with E-state index in [9.17, 15) is 0 Å². The van der Waals surface area contributed by atoms with E-state index in [0.29, 0.717) is 12.0 Å². The van der Waals surface area contributed by atoms with Crippen LogP contribution in [0.1, 0.15) is 83.8 Å². The Bertz CT molecular complexity index is 418. The Kier molecular flexibility index (Phi) is 3.43. The van der Waals surface area contributed by atoms with Gasteiger partial charge < -0.3 is 10.3 Å². The van der Waals surface area contributed by atoms with Crippen LogP contribution in [-0.2, 0) is 5.41 Å². The number of hydrogen-bond acceptors (Lipinski definition) is 2. The van der Waals surface area contributed by atoms with Gasteiger partial charge in [0.15, 0.2) is 0 Å². The Morgan fingerprint density at radius 3 is 2.22 bits per heavy atom. The molecule has 1 saturated carbocycles. The molecule has 2 N–H and O–H groups in total. The van der Waals surface area contributed by atoms with Gasteiger partial charge in [0.2, 0.25) is 0 Å². The van der Waals surface area contributed by atoms with E-state index in [4.69, 9.17) is 10.7 Å². The van der Waals surface area contributed by atoms with Crippen LogP contribution in [0.15, 0.2) is 0 Å². The number of nitrogen functional groups attached to an aromatic ring is 1. The molecule has 3 nitrogen and oxygen atoms in total. The van der Waals surface area contributed by atoms with E-state index in [0.717, 1.165) is 24.4 Å². The molecule has 0 bridgehead atoms. The highest BCUT2D eigenvalue weighted by Crippen LogP contribution is 2.43. The molecule has 18 heavy (non-hydrogen) atoms. The third-order valence-corrected chi connectivity index (χ3v) is 3.93. The van der Waals surface area contributed by atoms with Crippen LogP contribution in [0.4, 0.5) is 5.82 Å². The van der Waals surface area contributed by atoms with Crippen LogP contribution < -0.4 is 5.73 Å². The molecule has 0 aliphatic heterocycles. The third-order valence-electron chi connectivity index (χ3n) is 3.93. The highest BCUT2D eigenvalue weighted by atomic mass is 15.2. The summed E-state index contributed by atoms with van der Waals surface area (Å²) in [5.74, 6) is 2.60. The second-order valence-corrected chi connectivity index (χ2v) is 6.57. The molecule has 1 aromatic rings. The highest BCUT2D eigenvalue weighted by molar-refractivity contribution is 5.43. The van der Waals surface area contributed by atoms with Gasteiger partial charge in [-0.1, -0.05) is 34.6 Å². The lowest BCUT2D eigenvalue weighted by Crippen LogP contribution is -2.19. The lowest BCUT2D eigenvalue weighted by molar-refractivity contribution is 0.502. The first-order valence-electron chi connectivity index (χ1n) is 7.28. The first-order valence-corrected chi connectivity index (χ1v) is 7.28. The summed E-state index contributed by atoms with van der Waals surface area (Å²) in [5.41, 5.74) is 7.60. The topological polar surface area (TPSA) is 43.8 Å².